The zero-order chi connectivity index (χ0) is 15.5. The number of hydrogen-bond donors (Lipinski definition) is 1. The Kier molecular flexibility index (Phi) is 4.46. The lowest BCUT2D eigenvalue weighted by molar-refractivity contribution is -0.114. The molecule has 1 aromatic carbocycles. The van der Waals surface area contributed by atoms with Gasteiger partial charge in [0.15, 0.2) is 0 Å². The number of carbonyl (C=O) groups excluding carboxylic acids is 2. The van der Waals surface area contributed by atoms with Crippen LogP contribution in [0.1, 0.15) is 55.8 Å². The maximum atomic E-state index is 12.9. The van der Waals surface area contributed by atoms with Crippen molar-refractivity contribution in [3.8, 4) is 0 Å². The van der Waals surface area contributed by atoms with Crippen LogP contribution < -0.4 is 5.32 Å². The zero-order valence-corrected chi connectivity index (χ0v) is 13.2. The summed E-state index contributed by atoms with van der Waals surface area (Å²) >= 11 is 0. The van der Waals surface area contributed by atoms with Crippen molar-refractivity contribution in [2.24, 2.45) is 5.92 Å². The van der Waals surface area contributed by atoms with E-state index in [0.29, 0.717) is 23.2 Å². The van der Waals surface area contributed by atoms with Crippen LogP contribution in [0, 0.1) is 5.92 Å². The molecule has 1 aliphatic heterocycles. The van der Waals surface area contributed by atoms with Crippen LogP contribution in [0.2, 0.25) is 0 Å². The van der Waals surface area contributed by atoms with Gasteiger partial charge in [-0.1, -0.05) is 18.9 Å². The second-order valence-corrected chi connectivity index (χ2v) is 6.51. The first-order valence-corrected chi connectivity index (χ1v) is 8.34. The van der Waals surface area contributed by atoms with Crippen LogP contribution in [0.5, 0.6) is 0 Å². The van der Waals surface area contributed by atoms with Gasteiger partial charge in [0.1, 0.15) is 0 Å². The van der Waals surface area contributed by atoms with E-state index in [2.05, 4.69) is 10.2 Å². The van der Waals surface area contributed by atoms with Gasteiger partial charge in [-0.2, -0.15) is 0 Å². The summed E-state index contributed by atoms with van der Waals surface area (Å²) in [7, 11) is 0. The van der Waals surface area contributed by atoms with Crippen LogP contribution in [0.4, 0.5) is 5.69 Å². The van der Waals surface area contributed by atoms with Crippen molar-refractivity contribution >= 4 is 17.5 Å². The highest BCUT2D eigenvalue weighted by Gasteiger charge is 2.35. The fraction of sp³-hybridized carbons (Fsp3) is 0.556. The number of piperidine rings is 1. The largest absolute Gasteiger partial charge is 0.335 e. The van der Waals surface area contributed by atoms with E-state index >= 15 is 0 Å². The molecule has 2 amide bonds. The van der Waals surface area contributed by atoms with Crippen molar-refractivity contribution in [1.82, 2.24) is 4.90 Å². The molecule has 1 saturated heterocycles. The number of carbonyl (C=O) groups is 2. The summed E-state index contributed by atoms with van der Waals surface area (Å²) in [4.78, 5) is 26.2. The van der Waals surface area contributed by atoms with Crippen LogP contribution in [-0.4, -0.2) is 29.3 Å². The minimum atomic E-state index is -0.116. The number of fused-ring (bicyclic) bond motifs is 1. The van der Waals surface area contributed by atoms with Gasteiger partial charge < -0.3 is 10.2 Å². The minimum absolute atomic E-state index is 0.115. The van der Waals surface area contributed by atoms with E-state index in [1.54, 1.807) is 6.07 Å². The van der Waals surface area contributed by atoms with E-state index < -0.39 is 0 Å². The Balaban J connectivity index is 1.79. The number of hydrogen-bond acceptors (Lipinski definition) is 2. The molecule has 1 N–H and O–H groups in total. The highest BCUT2D eigenvalue weighted by atomic mass is 16.2. The average Bonchev–Trinajstić information content (AvgIpc) is 2.53. The summed E-state index contributed by atoms with van der Waals surface area (Å²) in [6.45, 7) is 2.34. The van der Waals surface area contributed by atoms with Gasteiger partial charge in [-0.3, -0.25) is 9.59 Å². The van der Waals surface area contributed by atoms with Gasteiger partial charge >= 0.3 is 0 Å². The third-order valence-electron chi connectivity index (χ3n) is 4.93. The van der Waals surface area contributed by atoms with Crippen LogP contribution in [-0.2, 0) is 4.79 Å². The average molecular weight is 300 g/mol. The lowest BCUT2D eigenvalue weighted by atomic mass is 9.78. The molecule has 1 aromatic rings. The smallest absolute Gasteiger partial charge is 0.254 e. The lowest BCUT2D eigenvalue weighted by Crippen LogP contribution is -2.49. The number of anilines is 1. The van der Waals surface area contributed by atoms with Gasteiger partial charge in [-0.25, -0.2) is 0 Å². The van der Waals surface area contributed by atoms with Gasteiger partial charge in [0.2, 0.25) is 5.91 Å². The molecule has 1 saturated carbocycles. The van der Waals surface area contributed by atoms with Crippen molar-refractivity contribution in [2.45, 2.75) is 51.5 Å². The van der Waals surface area contributed by atoms with Crippen LogP contribution in [0.15, 0.2) is 24.3 Å². The lowest BCUT2D eigenvalue weighted by Gasteiger charge is -2.44. The van der Waals surface area contributed by atoms with Gasteiger partial charge in [0.25, 0.3) is 5.91 Å². The normalized spacial score (nSPS) is 24.5. The molecule has 3 rings (SSSR count). The molecule has 4 nitrogen and oxygen atoms in total. The number of rotatable bonds is 2. The summed E-state index contributed by atoms with van der Waals surface area (Å²) in [6, 6.07) is 7.70. The monoisotopic (exact) mass is 300 g/mol. The first-order chi connectivity index (χ1) is 10.6. The standard InChI is InChI=1S/C18H24N2O2/c1-13(21)19-16-9-4-7-15(12-16)18(22)20-11-5-8-14-6-2-3-10-17(14)20/h4,7,9,12,14,17H,2-3,5-6,8,10-11H2,1H3,(H,19,21)/t14-,17-/m0/s1. The Labute approximate surface area is 131 Å². The Morgan fingerprint density at radius 1 is 1.14 bits per heavy atom. The van der Waals surface area contributed by atoms with Gasteiger partial charge in [0, 0.05) is 30.8 Å². The van der Waals surface area contributed by atoms with Crippen LogP contribution in [0.3, 0.4) is 0 Å². The number of benzene rings is 1. The number of nitrogens with one attached hydrogen (secondary N) is 1. The van der Waals surface area contributed by atoms with E-state index in [4.69, 9.17) is 0 Å². The molecule has 2 aliphatic rings. The first kappa shape index (κ1) is 15.1. The van der Waals surface area contributed by atoms with Crippen molar-refractivity contribution in [2.75, 3.05) is 11.9 Å². The molecule has 0 unspecified atom stereocenters. The molecule has 4 heteroatoms. The maximum absolute atomic E-state index is 12.9. The molecule has 0 radical (unpaired) electrons. The van der Waals surface area contributed by atoms with Crippen molar-refractivity contribution < 1.29 is 9.59 Å². The van der Waals surface area contributed by atoms with Gasteiger partial charge in [0.05, 0.1) is 0 Å². The molecule has 0 aromatic heterocycles. The summed E-state index contributed by atoms with van der Waals surface area (Å²) < 4.78 is 0. The molecule has 0 bridgehead atoms. The Morgan fingerprint density at radius 2 is 1.91 bits per heavy atom. The van der Waals surface area contributed by atoms with E-state index in [-0.39, 0.29) is 11.8 Å². The molecule has 1 heterocycles. The topological polar surface area (TPSA) is 49.4 Å². The SMILES string of the molecule is CC(=O)Nc1cccc(C(=O)N2CCC[C@@H]3CCCC[C@@H]32)c1. The predicted molar refractivity (Wildman–Crippen MR) is 86.8 cm³/mol. The van der Waals surface area contributed by atoms with Crippen molar-refractivity contribution in [3.05, 3.63) is 29.8 Å². The fourth-order valence-electron chi connectivity index (χ4n) is 3.98. The van der Waals surface area contributed by atoms with Crippen molar-refractivity contribution in [3.63, 3.8) is 0 Å². The van der Waals surface area contributed by atoms with E-state index in [1.807, 2.05) is 18.2 Å². The third-order valence-corrected chi connectivity index (χ3v) is 4.93. The molecule has 0 spiro atoms. The van der Waals surface area contributed by atoms with E-state index in [1.165, 1.54) is 32.6 Å². The van der Waals surface area contributed by atoms with Crippen LogP contribution >= 0.6 is 0 Å². The van der Waals surface area contributed by atoms with Gasteiger partial charge in [-0.15, -0.1) is 0 Å². The molecule has 2 atom stereocenters. The summed E-state index contributed by atoms with van der Waals surface area (Å²) in [5, 5.41) is 2.75. The minimum Gasteiger partial charge on any atom is -0.335 e. The van der Waals surface area contributed by atoms with Gasteiger partial charge in [-0.05, 0) is 49.8 Å². The molecule has 118 valence electrons. The number of likely N-dealkylation sites (tertiary alicyclic amines) is 1. The van der Waals surface area contributed by atoms with E-state index in [0.717, 1.165) is 19.4 Å². The highest BCUT2D eigenvalue weighted by molar-refractivity contribution is 5.97. The summed E-state index contributed by atoms with van der Waals surface area (Å²) in [5.74, 6) is 0.684. The van der Waals surface area contributed by atoms with Crippen molar-refractivity contribution in [1.29, 1.82) is 0 Å². The Morgan fingerprint density at radius 3 is 2.73 bits per heavy atom. The molecular weight excluding hydrogens is 276 g/mol. The Hall–Kier alpha value is -1.84. The quantitative estimate of drug-likeness (QED) is 0.909. The Bertz CT molecular complexity index is 568. The second kappa shape index (κ2) is 6.51. The molecular formula is C18H24N2O2. The number of nitrogens with zero attached hydrogens (tertiary/aromatic N) is 1. The maximum Gasteiger partial charge on any atom is 0.254 e. The zero-order valence-electron chi connectivity index (χ0n) is 13.2. The summed E-state index contributed by atoms with van der Waals surface area (Å²) in [6.07, 6.45) is 7.32. The molecule has 1 aliphatic carbocycles. The summed E-state index contributed by atoms with van der Waals surface area (Å²) in [5.41, 5.74) is 1.37. The highest BCUT2D eigenvalue weighted by Crippen LogP contribution is 2.36. The van der Waals surface area contributed by atoms with Crippen LogP contribution in [0.25, 0.3) is 0 Å². The first-order valence-electron chi connectivity index (χ1n) is 8.34. The molecule has 22 heavy (non-hydrogen) atoms. The predicted octanol–water partition coefficient (Wildman–Crippen LogP) is 3.44. The third kappa shape index (κ3) is 3.16. The van der Waals surface area contributed by atoms with E-state index in [9.17, 15) is 9.59 Å². The second-order valence-electron chi connectivity index (χ2n) is 6.51. The number of amides is 2. The molecule has 2 fully saturated rings. The fourth-order valence-corrected chi connectivity index (χ4v) is 3.98.